The molecular formula is C22H25ClN4O2S. The minimum atomic E-state index is -0.432. The third-order valence-corrected chi connectivity index (χ3v) is 6.70. The molecule has 1 unspecified atom stereocenters. The van der Waals surface area contributed by atoms with Gasteiger partial charge in [-0.15, -0.1) is 0 Å². The number of hydrogen-bond donors (Lipinski definition) is 1. The first kappa shape index (κ1) is 21.0. The Balaban J connectivity index is 1.70. The van der Waals surface area contributed by atoms with Crippen molar-refractivity contribution >= 4 is 40.3 Å². The molecule has 1 aliphatic carbocycles. The maximum Gasteiger partial charge on any atom is 0.253 e. The van der Waals surface area contributed by atoms with E-state index in [1.165, 1.54) is 24.6 Å². The molecule has 1 aromatic carbocycles. The van der Waals surface area contributed by atoms with Crippen molar-refractivity contribution in [1.82, 2.24) is 15.1 Å². The molecule has 0 saturated heterocycles. The Morgan fingerprint density at radius 2 is 2.03 bits per heavy atom. The van der Waals surface area contributed by atoms with Crippen LogP contribution in [0.15, 0.2) is 51.6 Å². The van der Waals surface area contributed by atoms with Gasteiger partial charge in [0, 0.05) is 31.4 Å². The molecule has 2 amide bonds. The first-order valence-corrected chi connectivity index (χ1v) is 11.3. The van der Waals surface area contributed by atoms with Crippen molar-refractivity contribution in [3.63, 3.8) is 0 Å². The largest absolute Gasteiger partial charge is 0.355 e. The van der Waals surface area contributed by atoms with Crippen LogP contribution in [0.2, 0.25) is 5.02 Å². The summed E-state index contributed by atoms with van der Waals surface area (Å²) in [5.41, 5.74) is 2.89. The number of carbonyl (C=O) groups excluding carboxylic acids is 2. The number of amidine groups is 1. The lowest BCUT2D eigenvalue weighted by molar-refractivity contribution is -0.125. The van der Waals surface area contributed by atoms with Crippen molar-refractivity contribution in [2.75, 3.05) is 20.6 Å². The number of amides is 2. The van der Waals surface area contributed by atoms with Gasteiger partial charge in [-0.3, -0.25) is 9.59 Å². The second-order valence-corrected chi connectivity index (χ2v) is 9.28. The van der Waals surface area contributed by atoms with Crippen LogP contribution in [0.3, 0.4) is 0 Å². The number of allylic oxidation sites excluding steroid dienone is 1. The zero-order valence-corrected chi connectivity index (χ0v) is 18.9. The Bertz CT molecular complexity index is 981. The smallest absolute Gasteiger partial charge is 0.253 e. The Kier molecular flexibility index (Phi) is 5.93. The molecule has 1 aromatic rings. The summed E-state index contributed by atoms with van der Waals surface area (Å²) in [5.74, 6) is 0.494. The van der Waals surface area contributed by atoms with Crippen LogP contribution in [-0.2, 0) is 9.59 Å². The van der Waals surface area contributed by atoms with Crippen molar-refractivity contribution in [2.45, 2.75) is 32.2 Å². The van der Waals surface area contributed by atoms with E-state index in [-0.39, 0.29) is 18.2 Å². The van der Waals surface area contributed by atoms with Gasteiger partial charge < -0.3 is 15.1 Å². The number of halogens is 1. The summed E-state index contributed by atoms with van der Waals surface area (Å²) < 4.78 is 0. The van der Waals surface area contributed by atoms with Crippen molar-refractivity contribution in [3.05, 3.63) is 57.2 Å². The number of thioether (sulfide) groups is 1. The summed E-state index contributed by atoms with van der Waals surface area (Å²) in [4.78, 5) is 33.9. The lowest BCUT2D eigenvalue weighted by Crippen LogP contribution is -2.40. The van der Waals surface area contributed by atoms with Crippen LogP contribution < -0.4 is 5.32 Å². The lowest BCUT2D eigenvalue weighted by Gasteiger charge is -2.37. The van der Waals surface area contributed by atoms with Gasteiger partial charge in [-0.05, 0) is 42.7 Å². The third kappa shape index (κ3) is 4.14. The quantitative estimate of drug-likeness (QED) is 0.722. The lowest BCUT2D eigenvalue weighted by atomic mass is 9.93. The maximum absolute atomic E-state index is 13.1. The van der Waals surface area contributed by atoms with E-state index in [1.807, 2.05) is 41.5 Å². The number of rotatable bonds is 6. The van der Waals surface area contributed by atoms with Gasteiger partial charge in [0.05, 0.1) is 23.7 Å². The predicted octanol–water partition coefficient (Wildman–Crippen LogP) is 3.92. The van der Waals surface area contributed by atoms with E-state index in [2.05, 4.69) is 10.3 Å². The van der Waals surface area contributed by atoms with Gasteiger partial charge in [-0.25, -0.2) is 4.99 Å². The van der Waals surface area contributed by atoms with Crippen molar-refractivity contribution in [3.8, 4) is 0 Å². The normalized spacial score (nSPS) is 20.5. The van der Waals surface area contributed by atoms with Crippen molar-refractivity contribution in [1.29, 1.82) is 0 Å². The summed E-state index contributed by atoms with van der Waals surface area (Å²) in [6.45, 7) is 2.59. The third-order valence-electron chi connectivity index (χ3n) is 5.46. The molecule has 4 rings (SSSR count). The van der Waals surface area contributed by atoms with Crippen LogP contribution in [0.1, 0.15) is 37.8 Å². The molecule has 3 aliphatic rings. The summed E-state index contributed by atoms with van der Waals surface area (Å²) in [7, 11) is 3.46. The van der Waals surface area contributed by atoms with Gasteiger partial charge in [-0.2, -0.15) is 0 Å². The summed E-state index contributed by atoms with van der Waals surface area (Å²) in [5, 5.41) is 6.32. The van der Waals surface area contributed by atoms with Gasteiger partial charge in [0.25, 0.3) is 5.91 Å². The Labute approximate surface area is 186 Å². The van der Waals surface area contributed by atoms with Crippen LogP contribution in [0.5, 0.6) is 0 Å². The number of likely N-dealkylation sites (N-methyl/N-ethyl adjacent to an activating group) is 1. The Hall–Kier alpha value is -2.25. The molecule has 6 nitrogen and oxygen atoms in total. The second kappa shape index (κ2) is 8.47. The average molecular weight is 445 g/mol. The first-order valence-electron chi connectivity index (χ1n) is 10.0. The van der Waals surface area contributed by atoms with Crippen LogP contribution in [0.4, 0.5) is 0 Å². The van der Waals surface area contributed by atoms with Crippen LogP contribution in [0, 0.1) is 5.92 Å². The van der Waals surface area contributed by atoms with E-state index in [0.717, 1.165) is 23.0 Å². The van der Waals surface area contributed by atoms with Crippen molar-refractivity contribution in [2.24, 2.45) is 10.9 Å². The topological polar surface area (TPSA) is 65.0 Å². The van der Waals surface area contributed by atoms with Gasteiger partial charge in [0.15, 0.2) is 5.17 Å². The maximum atomic E-state index is 13.1. The minimum absolute atomic E-state index is 0.0142. The van der Waals surface area contributed by atoms with E-state index in [1.54, 1.807) is 19.0 Å². The predicted molar refractivity (Wildman–Crippen MR) is 121 cm³/mol. The number of carbonyl (C=O) groups is 2. The zero-order chi connectivity index (χ0) is 21.4. The fourth-order valence-electron chi connectivity index (χ4n) is 3.68. The fraction of sp³-hybridized carbons (Fsp3) is 0.409. The molecule has 1 saturated carbocycles. The highest BCUT2D eigenvalue weighted by atomic mass is 35.5. The van der Waals surface area contributed by atoms with Crippen LogP contribution in [-0.4, -0.2) is 47.4 Å². The van der Waals surface area contributed by atoms with E-state index in [9.17, 15) is 9.59 Å². The number of fused-ring (bicyclic) bond motifs is 1. The van der Waals surface area contributed by atoms with E-state index in [0.29, 0.717) is 22.2 Å². The molecule has 1 fully saturated rings. The SMILES string of the molecule is CC1=C(C(=O)N(C)C)C(c2ccccc2Cl)N2C(CC(=O)NCC3CC3)=CSC2=N1. The summed E-state index contributed by atoms with van der Waals surface area (Å²) >= 11 is 8.05. The van der Waals surface area contributed by atoms with Gasteiger partial charge >= 0.3 is 0 Å². The molecule has 30 heavy (non-hydrogen) atoms. The van der Waals surface area contributed by atoms with Gasteiger partial charge in [0.1, 0.15) is 0 Å². The molecule has 2 aliphatic heterocycles. The van der Waals surface area contributed by atoms with Gasteiger partial charge in [-0.1, -0.05) is 41.6 Å². The number of nitrogens with one attached hydrogen (secondary N) is 1. The van der Waals surface area contributed by atoms with E-state index in [4.69, 9.17) is 11.6 Å². The Morgan fingerprint density at radius 3 is 2.70 bits per heavy atom. The monoisotopic (exact) mass is 444 g/mol. The minimum Gasteiger partial charge on any atom is -0.355 e. The molecule has 0 spiro atoms. The highest BCUT2D eigenvalue weighted by molar-refractivity contribution is 8.16. The first-order chi connectivity index (χ1) is 14.4. The number of benzene rings is 1. The van der Waals surface area contributed by atoms with E-state index < -0.39 is 6.04 Å². The molecule has 2 heterocycles. The van der Waals surface area contributed by atoms with Crippen LogP contribution in [0.25, 0.3) is 0 Å². The molecule has 1 atom stereocenters. The molecular weight excluding hydrogens is 420 g/mol. The average Bonchev–Trinajstić information content (AvgIpc) is 3.46. The highest BCUT2D eigenvalue weighted by Gasteiger charge is 2.41. The Morgan fingerprint density at radius 1 is 1.30 bits per heavy atom. The fourth-order valence-corrected chi connectivity index (χ4v) is 4.89. The van der Waals surface area contributed by atoms with E-state index >= 15 is 0 Å². The molecule has 158 valence electrons. The second-order valence-electron chi connectivity index (χ2n) is 8.04. The molecule has 0 radical (unpaired) electrons. The highest BCUT2D eigenvalue weighted by Crippen LogP contribution is 2.46. The van der Waals surface area contributed by atoms with Crippen molar-refractivity contribution < 1.29 is 9.59 Å². The standard InChI is InChI=1S/C22H25ClN4O2S/c1-13-19(21(29)26(2)3)20(16-6-4-5-7-17(16)23)27-15(12-30-22(27)25-13)10-18(28)24-11-14-8-9-14/h4-7,12,14,20H,8-11H2,1-3H3,(H,24,28). The van der Waals surface area contributed by atoms with Gasteiger partial charge in [0.2, 0.25) is 5.91 Å². The zero-order valence-electron chi connectivity index (χ0n) is 17.3. The molecule has 1 N–H and O–H groups in total. The number of aliphatic imine (C=N–C) groups is 1. The van der Waals surface area contributed by atoms with Crippen LogP contribution >= 0.6 is 23.4 Å². The number of hydrogen-bond acceptors (Lipinski definition) is 5. The summed E-state index contributed by atoms with van der Waals surface area (Å²) in [6, 6.07) is 7.10. The molecule has 8 heteroatoms. The molecule has 0 bridgehead atoms. The summed E-state index contributed by atoms with van der Waals surface area (Å²) in [6.07, 6.45) is 2.62. The number of nitrogens with zero attached hydrogens (tertiary/aromatic N) is 3. The molecule has 0 aromatic heterocycles.